The van der Waals surface area contributed by atoms with Gasteiger partial charge in [-0.1, -0.05) is 107 Å². The molecule has 6 heterocycles. The van der Waals surface area contributed by atoms with Gasteiger partial charge in [-0.25, -0.2) is 0 Å². The zero-order valence-electron chi connectivity index (χ0n) is 48.2. The average Bonchev–Trinajstić information content (AvgIpc) is 1.81. The van der Waals surface area contributed by atoms with Crippen molar-refractivity contribution in [3.05, 3.63) is 128 Å². The van der Waals surface area contributed by atoms with Gasteiger partial charge in [-0.05, 0) is 140 Å². The molecule has 1 spiro atoms. The van der Waals surface area contributed by atoms with Gasteiger partial charge in [0.25, 0.3) is 0 Å². The number of dihydropyridines is 1. The summed E-state index contributed by atoms with van der Waals surface area (Å²) < 4.78 is 33.9. The highest BCUT2D eigenvalue weighted by atomic mass is 33.1. The van der Waals surface area contributed by atoms with Crippen LogP contribution in [0.1, 0.15) is 147 Å². The summed E-state index contributed by atoms with van der Waals surface area (Å²) in [4.78, 5) is 13.3. The standard InChI is InChI=1S/C69H78N4O8S2/c1-5-44-30-46-27-42-23-25-69(33-42)34-47-31-49(75)32-57(78-4)59(47)51-19-18-50-54(37-79-39(2)74)64(80-65(50)62(51)69)61-52-20-22-56-67(58(29-40-11-7-6-8-12-40)83-82-38-43-14-10-16-48(28-43)72-56)81-66(52)63(76)53-35-71-26-24-41(36-77-3)13-9-15-45(60(53)61)17-21-55(46)73-68(44)70/h6-8,11-12,18-20,22,30-32,41-43,45,48,54,56,58,64,67-68,71-73,75-76H,5,10,13-14,16,23-29,33-38,70H2,1-4H3. The van der Waals surface area contributed by atoms with Gasteiger partial charge < -0.3 is 55.6 Å². The van der Waals surface area contributed by atoms with Crippen molar-refractivity contribution in [3.8, 4) is 63.6 Å². The third kappa shape index (κ3) is 10.8. The molecule has 13 rings (SSSR count). The molecule has 0 aromatic heterocycles. The van der Waals surface area contributed by atoms with Crippen LogP contribution in [-0.4, -0.2) is 85.5 Å². The Bertz CT molecular complexity index is 3410. The maximum Gasteiger partial charge on any atom is 0.302 e. The number of hydrogen-bond acceptors (Lipinski definition) is 14. The second-order valence-corrected chi connectivity index (χ2v) is 27.4. The van der Waals surface area contributed by atoms with Crippen molar-refractivity contribution in [2.45, 2.75) is 157 Å². The van der Waals surface area contributed by atoms with Crippen molar-refractivity contribution in [1.82, 2.24) is 16.0 Å². The second kappa shape index (κ2) is 23.8. The SMILES string of the molecule is CCC1=CC2=C(C#CC3C#CCC(COC)CCNCc4c(O)c5c(c(c43)C3Oc4c(ccc6c4C4(CCC(C2)C4)Cc2cc(O)cc(OC)c2-6)C3COC(C)=O)C=CC2NC3CCCC(CSSC(Cc4ccccc4)C2O5)C3)NC1N. The minimum atomic E-state index is -0.771. The molecule has 12 atom stereocenters. The van der Waals surface area contributed by atoms with Crippen LogP contribution in [0.5, 0.6) is 28.7 Å². The van der Waals surface area contributed by atoms with Crippen LogP contribution in [-0.2, 0) is 39.1 Å². The maximum absolute atomic E-state index is 13.6. The smallest absolute Gasteiger partial charge is 0.302 e. The van der Waals surface area contributed by atoms with E-state index in [9.17, 15) is 15.0 Å². The molecule has 6 bridgehead atoms. The Kier molecular flexibility index (Phi) is 16.1. The number of nitrogens with one attached hydrogen (secondary N) is 3. The lowest BCUT2D eigenvalue weighted by Gasteiger charge is -2.39. The molecule has 14 heteroatoms. The summed E-state index contributed by atoms with van der Waals surface area (Å²) in [7, 11) is 7.30. The van der Waals surface area contributed by atoms with E-state index in [1.165, 1.54) is 25.3 Å². The molecule has 0 amide bonds. The van der Waals surface area contributed by atoms with Gasteiger partial charge in [0, 0.05) is 90.3 Å². The van der Waals surface area contributed by atoms with Gasteiger partial charge in [-0.2, -0.15) is 0 Å². The third-order valence-corrected chi connectivity index (χ3v) is 22.4. The molecular weight excluding hydrogens is 1080 g/mol. The Hall–Kier alpha value is -5.97. The van der Waals surface area contributed by atoms with Crippen molar-refractivity contribution in [2.24, 2.45) is 23.5 Å². The second-order valence-electron chi connectivity index (χ2n) is 24.8. The lowest BCUT2D eigenvalue weighted by molar-refractivity contribution is -0.141. The summed E-state index contributed by atoms with van der Waals surface area (Å²) in [6, 6.07) is 18.8. The molecule has 83 heavy (non-hydrogen) atoms. The molecule has 4 aromatic rings. The van der Waals surface area contributed by atoms with Crippen LogP contribution in [0.15, 0.2) is 83.6 Å². The highest BCUT2D eigenvalue weighted by molar-refractivity contribution is 8.77. The summed E-state index contributed by atoms with van der Waals surface area (Å²) in [6.45, 7) is 5.17. The molecule has 434 valence electrons. The molecule has 2 saturated carbocycles. The topological polar surface area (TPSA) is 166 Å². The number of methoxy groups -OCH3 is 2. The van der Waals surface area contributed by atoms with Gasteiger partial charge >= 0.3 is 5.97 Å². The van der Waals surface area contributed by atoms with Gasteiger partial charge in [0.05, 0.1) is 36.2 Å². The summed E-state index contributed by atoms with van der Waals surface area (Å²) in [5.41, 5.74) is 18.9. The number of carbonyl (C=O) groups is 1. The zero-order valence-corrected chi connectivity index (χ0v) is 49.9. The Morgan fingerprint density at radius 1 is 0.988 bits per heavy atom. The molecule has 6 aliphatic heterocycles. The van der Waals surface area contributed by atoms with E-state index in [-0.39, 0.29) is 47.2 Å². The largest absolute Gasteiger partial charge is 0.508 e. The molecule has 0 radical (unpaired) electrons. The number of allylic oxidation sites excluding steroid dienone is 3. The normalized spacial score (nSPS) is 30.2. The number of ether oxygens (including phenoxy) is 5. The first-order valence-electron chi connectivity index (χ1n) is 30.4. The average molecular weight is 1160 g/mol. The van der Waals surface area contributed by atoms with E-state index in [2.05, 4.69) is 107 Å². The quantitative estimate of drug-likeness (QED) is 0.0561. The zero-order chi connectivity index (χ0) is 56.9. The van der Waals surface area contributed by atoms with E-state index < -0.39 is 35.6 Å². The van der Waals surface area contributed by atoms with E-state index in [1.807, 2.05) is 27.7 Å². The Morgan fingerprint density at radius 2 is 1.87 bits per heavy atom. The molecule has 9 aliphatic rings. The van der Waals surface area contributed by atoms with Crippen LogP contribution in [0.3, 0.4) is 0 Å². The van der Waals surface area contributed by atoms with Crippen LogP contribution in [0.4, 0.5) is 0 Å². The van der Waals surface area contributed by atoms with Gasteiger partial charge in [-0.3, -0.25) is 4.79 Å². The Balaban J connectivity index is 1.10. The molecule has 1 saturated heterocycles. The predicted molar refractivity (Wildman–Crippen MR) is 329 cm³/mol. The Labute approximate surface area is 497 Å². The number of hydrogen-bond donors (Lipinski definition) is 6. The van der Waals surface area contributed by atoms with Gasteiger partial charge in [0.2, 0.25) is 0 Å². The molecule has 4 aromatic carbocycles. The summed E-state index contributed by atoms with van der Waals surface area (Å²) >= 11 is 0. The molecule has 3 aliphatic carbocycles. The van der Waals surface area contributed by atoms with Crippen molar-refractivity contribution in [2.75, 3.05) is 39.7 Å². The number of phenols is 2. The van der Waals surface area contributed by atoms with E-state index in [0.29, 0.717) is 67.1 Å². The number of aromatic hydroxyl groups is 2. The van der Waals surface area contributed by atoms with Crippen LogP contribution < -0.4 is 35.9 Å². The number of carbonyl (C=O) groups excluding carboxylic acids is 1. The molecule has 12 unspecified atom stereocenters. The predicted octanol–water partition coefficient (Wildman–Crippen LogP) is 11.6. The van der Waals surface area contributed by atoms with Crippen LogP contribution in [0, 0.1) is 41.4 Å². The number of esters is 1. The van der Waals surface area contributed by atoms with Crippen molar-refractivity contribution in [3.63, 3.8) is 0 Å². The van der Waals surface area contributed by atoms with E-state index in [0.717, 1.165) is 125 Å². The monoisotopic (exact) mass is 1150 g/mol. The van der Waals surface area contributed by atoms with Crippen LogP contribution >= 0.6 is 21.6 Å². The highest BCUT2D eigenvalue weighted by Gasteiger charge is 2.52. The van der Waals surface area contributed by atoms with Crippen molar-refractivity contribution >= 4 is 33.6 Å². The lowest BCUT2D eigenvalue weighted by atomic mass is 9.65. The first-order valence-corrected chi connectivity index (χ1v) is 32.7. The fourth-order valence-corrected chi connectivity index (χ4v) is 18.8. The summed E-state index contributed by atoms with van der Waals surface area (Å²) in [6.07, 6.45) is 16.9. The Morgan fingerprint density at radius 3 is 2.70 bits per heavy atom. The number of phenolic OH excluding ortho intramolecular Hbond substituents is 2. The third-order valence-electron chi connectivity index (χ3n) is 19.5. The fourth-order valence-electron chi connectivity index (χ4n) is 15.6. The molecule has 3 fully saturated rings. The van der Waals surface area contributed by atoms with Gasteiger partial charge in [-0.15, -0.1) is 5.92 Å². The number of benzene rings is 4. The first kappa shape index (κ1) is 56.2. The van der Waals surface area contributed by atoms with Crippen molar-refractivity contribution in [1.29, 1.82) is 0 Å². The number of nitrogens with two attached hydrogens (primary N) is 1. The summed E-state index contributed by atoms with van der Waals surface area (Å²) in [5, 5.41) is 36.5. The lowest BCUT2D eigenvalue weighted by Crippen LogP contribution is -2.52. The fraction of sp³-hybridized carbons (Fsp3) is 0.493. The molecule has 12 nitrogen and oxygen atoms in total. The number of rotatable bonds is 8. The van der Waals surface area contributed by atoms with Gasteiger partial charge in [0.15, 0.2) is 11.5 Å². The highest BCUT2D eigenvalue weighted by Crippen LogP contribution is 2.64. The van der Waals surface area contributed by atoms with E-state index in [1.54, 1.807) is 20.3 Å². The van der Waals surface area contributed by atoms with Crippen molar-refractivity contribution < 1.29 is 38.7 Å². The van der Waals surface area contributed by atoms with Gasteiger partial charge in [0.1, 0.15) is 42.0 Å². The molecular formula is C69H78N4O8S2. The minimum absolute atomic E-state index is 0.00763. The van der Waals surface area contributed by atoms with Crippen LogP contribution in [0.2, 0.25) is 0 Å². The first-order chi connectivity index (χ1) is 40.5. The molecule has 7 N–H and O–H groups in total. The van der Waals surface area contributed by atoms with Crippen LogP contribution in [0.25, 0.3) is 17.2 Å². The van der Waals surface area contributed by atoms with E-state index >= 15 is 0 Å². The minimum Gasteiger partial charge on any atom is -0.508 e. The number of fused-ring (bicyclic) bond motifs is 10. The maximum atomic E-state index is 13.6. The summed E-state index contributed by atoms with van der Waals surface area (Å²) in [5.74, 6) is 17.4. The van der Waals surface area contributed by atoms with E-state index in [4.69, 9.17) is 29.4 Å².